The van der Waals surface area contributed by atoms with Gasteiger partial charge in [-0.2, -0.15) is 0 Å². The summed E-state index contributed by atoms with van der Waals surface area (Å²) < 4.78 is 5.11. The third-order valence-electron chi connectivity index (χ3n) is 2.43. The minimum Gasteiger partial charge on any atom is -0.380 e. The molecule has 4 N–H and O–H groups in total. The first-order valence-corrected chi connectivity index (χ1v) is 5.59. The molecule has 94 valence electrons. The number of hydrogen-bond donors (Lipinski definition) is 3. The molecule has 18 heavy (non-hydrogen) atoms. The zero-order valence-corrected chi connectivity index (χ0v) is 10.2. The Balaban J connectivity index is 2.14. The van der Waals surface area contributed by atoms with Crippen molar-refractivity contribution in [3.8, 4) is 0 Å². The molecule has 2 rings (SSSR count). The smallest absolute Gasteiger partial charge is 0.141 e. The number of nitrogens with two attached hydrogens (primary N) is 1. The van der Waals surface area contributed by atoms with Crippen LogP contribution in [0.25, 0.3) is 0 Å². The molecule has 0 spiro atoms. The number of aromatic nitrogens is 1. The molecule has 2 aromatic rings. The molecule has 1 aromatic carbocycles. The largest absolute Gasteiger partial charge is 0.380 e. The predicted octanol–water partition coefficient (Wildman–Crippen LogP) is 2.26. The lowest BCUT2D eigenvalue weighted by Crippen LogP contribution is -2.08. The SMILES string of the molecule is COCc1cccc(Nc2ccnc(NN)c2)c1. The van der Waals surface area contributed by atoms with Crippen molar-refractivity contribution in [2.24, 2.45) is 5.84 Å². The normalized spacial score (nSPS) is 10.1. The Kier molecular flexibility index (Phi) is 4.11. The molecule has 0 bridgehead atoms. The fraction of sp³-hybridized carbons (Fsp3) is 0.154. The maximum absolute atomic E-state index is 5.32. The van der Waals surface area contributed by atoms with Gasteiger partial charge in [0.2, 0.25) is 0 Å². The summed E-state index contributed by atoms with van der Waals surface area (Å²) in [4.78, 5) is 4.05. The highest BCUT2D eigenvalue weighted by atomic mass is 16.5. The van der Waals surface area contributed by atoms with Gasteiger partial charge in [0, 0.05) is 30.7 Å². The van der Waals surface area contributed by atoms with Crippen LogP contribution in [-0.2, 0) is 11.3 Å². The zero-order valence-electron chi connectivity index (χ0n) is 10.2. The van der Waals surface area contributed by atoms with E-state index < -0.39 is 0 Å². The van der Waals surface area contributed by atoms with Crippen molar-refractivity contribution >= 4 is 17.2 Å². The van der Waals surface area contributed by atoms with Gasteiger partial charge in [-0.15, -0.1) is 0 Å². The van der Waals surface area contributed by atoms with Gasteiger partial charge >= 0.3 is 0 Å². The van der Waals surface area contributed by atoms with Crippen molar-refractivity contribution in [1.82, 2.24) is 4.98 Å². The van der Waals surface area contributed by atoms with Crippen LogP contribution in [0.2, 0.25) is 0 Å². The molecule has 0 amide bonds. The van der Waals surface area contributed by atoms with E-state index in [1.807, 2.05) is 36.4 Å². The van der Waals surface area contributed by atoms with Gasteiger partial charge in [-0.05, 0) is 23.8 Å². The van der Waals surface area contributed by atoms with Crippen LogP contribution >= 0.6 is 0 Å². The fourth-order valence-electron chi connectivity index (χ4n) is 1.66. The highest BCUT2D eigenvalue weighted by Gasteiger charge is 1.98. The van der Waals surface area contributed by atoms with Gasteiger partial charge in [0.05, 0.1) is 6.61 Å². The lowest BCUT2D eigenvalue weighted by atomic mass is 10.2. The first-order valence-electron chi connectivity index (χ1n) is 5.59. The summed E-state index contributed by atoms with van der Waals surface area (Å²) in [6.45, 7) is 0.599. The number of hydrogen-bond acceptors (Lipinski definition) is 5. The van der Waals surface area contributed by atoms with Gasteiger partial charge in [-0.25, -0.2) is 10.8 Å². The highest BCUT2D eigenvalue weighted by molar-refractivity contribution is 5.62. The molecular weight excluding hydrogens is 228 g/mol. The van der Waals surface area contributed by atoms with Crippen molar-refractivity contribution in [3.63, 3.8) is 0 Å². The van der Waals surface area contributed by atoms with Crippen LogP contribution in [-0.4, -0.2) is 12.1 Å². The number of nitrogen functional groups attached to an aromatic ring is 1. The number of benzene rings is 1. The number of methoxy groups -OCH3 is 1. The molecule has 0 saturated carbocycles. The molecule has 5 heteroatoms. The van der Waals surface area contributed by atoms with E-state index in [9.17, 15) is 0 Å². The summed E-state index contributed by atoms with van der Waals surface area (Å²) in [5, 5.41) is 3.29. The number of nitrogens with one attached hydrogen (secondary N) is 2. The van der Waals surface area contributed by atoms with Crippen molar-refractivity contribution in [2.75, 3.05) is 17.9 Å². The quantitative estimate of drug-likeness (QED) is 0.556. The molecule has 0 aliphatic heterocycles. The molecular formula is C13H16N4O. The monoisotopic (exact) mass is 244 g/mol. The molecule has 0 aliphatic rings. The molecule has 0 atom stereocenters. The van der Waals surface area contributed by atoms with Crippen LogP contribution in [0.5, 0.6) is 0 Å². The third-order valence-corrected chi connectivity index (χ3v) is 2.43. The second kappa shape index (κ2) is 6.00. The maximum Gasteiger partial charge on any atom is 0.141 e. The predicted molar refractivity (Wildman–Crippen MR) is 72.5 cm³/mol. The second-order valence-electron chi connectivity index (χ2n) is 3.83. The summed E-state index contributed by atoms with van der Waals surface area (Å²) in [7, 11) is 1.68. The number of pyridine rings is 1. The summed E-state index contributed by atoms with van der Waals surface area (Å²) in [6, 6.07) is 11.8. The van der Waals surface area contributed by atoms with Gasteiger partial charge in [0.1, 0.15) is 5.82 Å². The number of anilines is 3. The van der Waals surface area contributed by atoms with Crippen LogP contribution in [0, 0.1) is 0 Å². The van der Waals surface area contributed by atoms with E-state index >= 15 is 0 Å². The Bertz CT molecular complexity index is 516. The van der Waals surface area contributed by atoms with Crippen molar-refractivity contribution in [3.05, 3.63) is 48.2 Å². The van der Waals surface area contributed by atoms with Crippen molar-refractivity contribution in [2.45, 2.75) is 6.61 Å². The van der Waals surface area contributed by atoms with E-state index in [4.69, 9.17) is 10.6 Å². The lowest BCUT2D eigenvalue weighted by molar-refractivity contribution is 0.185. The van der Waals surface area contributed by atoms with E-state index in [1.54, 1.807) is 13.3 Å². The van der Waals surface area contributed by atoms with E-state index in [2.05, 4.69) is 15.7 Å². The molecule has 1 heterocycles. The number of rotatable bonds is 5. The van der Waals surface area contributed by atoms with Gasteiger partial charge in [0.25, 0.3) is 0 Å². The van der Waals surface area contributed by atoms with Crippen molar-refractivity contribution < 1.29 is 4.74 Å². The Hall–Kier alpha value is -2.11. The van der Waals surface area contributed by atoms with Crippen LogP contribution in [0.4, 0.5) is 17.2 Å². The average molecular weight is 244 g/mol. The molecule has 0 fully saturated rings. The van der Waals surface area contributed by atoms with E-state index in [0.717, 1.165) is 16.9 Å². The molecule has 0 saturated heterocycles. The third kappa shape index (κ3) is 3.19. The Morgan fingerprint density at radius 2 is 2.06 bits per heavy atom. The zero-order chi connectivity index (χ0) is 12.8. The average Bonchev–Trinajstić information content (AvgIpc) is 2.40. The molecule has 1 aromatic heterocycles. The number of nitrogens with zero attached hydrogens (tertiary/aromatic N) is 1. The topological polar surface area (TPSA) is 72.2 Å². The maximum atomic E-state index is 5.32. The van der Waals surface area contributed by atoms with E-state index in [-0.39, 0.29) is 0 Å². The van der Waals surface area contributed by atoms with Gasteiger partial charge in [-0.1, -0.05) is 12.1 Å². The summed E-state index contributed by atoms with van der Waals surface area (Å²) >= 11 is 0. The molecule has 0 unspecified atom stereocenters. The Morgan fingerprint density at radius 1 is 1.22 bits per heavy atom. The number of hydrazine groups is 1. The standard InChI is InChI=1S/C13H16N4O/c1-18-9-10-3-2-4-11(7-10)16-12-5-6-15-13(8-12)17-14/h2-8H,9,14H2,1H3,(H2,15,16,17). The van der Waals surface area contributed by atoms with Gasteiger partial charge in [-0.3, -0.25) is 0 Å². The fourth-order valence-corrected chi connectivity index (χ4v) is 1.66. The summed E-state index contributed by atoms with van der Waals surface area (Å²) in [5.41, 5.74) is 5.56. The van der Waals surface area contributed by atoms with Crippen LogP contribution in [0.1, 0.15) is 5.56 Å². The first kappa shape index (κ1) is 12.3. The minimum absolute atomic E-state index is 0.599. The van der Waals surface area contributed by atoms with Gasteiger partial charge < -0.3 is 15.5 Å². The first-order chi connectivity index (χ1) is 8.81. The Labute approximate surface area is 106 Å². The van der Waals surface area contributed by atoms with E-state index in [1.165, 1.54) is 0 Å². The summed E-state index contributed by atoms with van der Waals surface area (Å²) in [5.74, 6) is 5.94. The number of ether oxygens (including phenoxy) is 1. The molecule has 5 nitrogen and oxygen atoms in total. The van der Waals surface area contributed by atoms with Crippen LogP contribution in [0.3, 0.4) is 0 Å². The second-order valence-corrected chi connectivity index (χ2v) is 3.83. The van der Waals surface area contributed by atoms with E-state index in [0.29, 0.717) is 12.4 Å². The minimum atomic E-state index is 0.599. The molecule has 0 radical (unpaired) electrons. The Morgan fingerprint density at radius 3 is 2.83 bits per heavy atom. The van der Waals surface area contributed by atoms with Crippen LogP contribution in [0.15, 0.2) is 42.6 Å². The highest BCUT2D eigenvalue weighted by Crippen LogP contribution is 2.19. The van der Waals surface area contributed by atoms with Gasteiger partial charge in [0.15, 0.2) is 0 Å². The van der Waals surface area contributed by atoms with Crippen molar-refractivity contribution in [1.29, 1.82) is 0 Å². The lowest BCUT2D eigenvalue weighted by Gasteiger charge is -2.09. The molecule has 0 aliphatic carbocycles. The summed E-state index contributed by atoms with van der Waals surface area (Å²) in [6.07, 6.45) is 1.69. The van der Waals surface area contributed by atoms with Crippen LogP contribution < -0.4 is 16.6 Å².